The first-order valence-corrected chi connectivity index (χ1v) is 13.0. The van der Waals surface area contributed by atoms with Crippen LogP contribution in [0.1, 0.15) is 34.5 Å². The topological polar surface area (TPSA) is 138 Å². The molecule has 6 bridgehead atoms. The van der Waals surface area contributed by atoms with Crippen molar-refractivity contribution in [2.75, 3.05) is 29.0 Å². The van der Waals surface area contributed by atoms with Crippen LogP contribution >= 0.6 is 11.6 Å². The van der Waals surface area contributed by atoms with Gasteiger partial charge in [0.1, 0.15) is 5.02 Å². The molecule has 5 heterocycles. The van der Waals surface area contributed by atoms with Crippen LogP contribution in [0, 0.1) is 5.92 Å². The molecule has 0 saturated carbocycles. The summed E-state index contributed by atoms with van der Waals surface area (Å²) >= 11 is 6.36. The lowest BCUT2D eigenvalue weighted by atomic mass is 10.0. The number of rotatable bonds is 4. The number of nitrogens with zero attached hydrogens (tertiary/aromatic N) is 5. The van der Waals surface area contributed by atoms with Gasteiger partial charge in [-0.15, -0.1) is 0 Å². The molecular formula is C27H25ClN8O3. The second-order valence-electron chi connectivity index (χ2n) is 9.63. The van der Waals surface area contributed by atoms with Gasteiger partial charge in [0, 0.05) is 43.1 Å². The summed E-state index contributed by atoms with van der Waals surface area (Å²) in [4.78, 5) is 40.4. The predicted octanol–water partition coefficient (Wildman–Crippen LogP) is 4.59. The van der Waals surface area contributed by atoms with Crippen molar-refractivity contribution < 1.29 is 14.1 Å². The zero-order valence-corrected chi connectivity index (χ0v) is 21.6. The molecule has 198 valence electrons. The maximum absolute atomic E-state index is 13.1. The number of benzene rings is 1. The highest BCUT2D eigenvalue weighted by atomic mass is 35.5. The smallest absolute Gasteiger partial charge is 0.292 e. The first-order chi connectivity index (χ1) is 19.0. The molecule has 4 aromatic rings. The fourth-order valence-corrected chi connectivity index (χ4v) is 5.02. The highest BCUT2D eigenvalue weighted by molar-refractivity contribution is 6.32. The van der Waals surface area contributed by atoms with Crippen molar-refractivity contribution in [3.05, 3.63) is 77.0 Å². The Kier molecular flexibility index (Phi) is 6.80. The largest absolute Gasteiger partial charge is 0.351 e. The van der Waals surface area contributed by atoms with Crippen molar-refractivity contribution in [3.8, 4) is 0 Å². The zero-order chi connectivity index (χ0) is 26.8. The van der Waals surface area contributed by atoms with E-state index in [0.717, 1.165) is 41.0 Å². The lowest BCUT2D eigenvalue weighted by Gasteiger charge is -2.16. The molecular weight excluding hydrogens is 520 g/mol. The standard InChI is InChI=1S/C27H25ClN8O3/c28-21-14-30-27-33-20-9-16(12-29-13-20)1-2-18-11-19(32-25(21)35-27)3-4-22(18)34-24(37)10-17-6-8-36(15-17)26(38)23-5-7-31-39-23/h3-5,7,9,11-14,17H,1-2,6,8,10,15H2,(H,34,37)(H2,30,32,33,35)/t17-/m0/s1. The summed E-state index contributed by atoms with van der Waals surface area (Å²) in [5.74, 6) is 0.853. The van der Waals surface area contributed by atoms with Gasteiger partial charge >= 0.3 is 0 Å². The van der Waals surface area contributed by atoms with E-state index in [9.17, 15) is 9.59 Å². The Labute approximate surface area is 229 Å². The van der Waals surface area contributed by atoms with Crippen molar-refractivity contribution in [2.24, 2.45) is 5.92 Å². The number of halogens is 1. The Morgan fingerprint density at radius 2 is 2.03 bits per heavy atom. The molecule has 39 heavy (non-hydrogen) atoms. The number of pyridine rings is 1. The molecule has 2 aliphatic heterocycles. The Hall–Kier alpha value is -4.51. The molecule has 1 fully saturated rings. The van der Waals surface area contributed by atoms with Gasteiger partial charge in [0.05, 0.1) is 24.3 Å². The number of fused-ring (bicyclic) bond motifs is 6. The van der Waals surface area contributed by atoms with Gasteiger partial charge < -0.3 is 25.4 Å². The minimum atomic E-state index is -0.200. The Balaban J connectivity index is 1.19. The molecule has 1 saturated heterocycles. The van der Waals surface area contributed by atoms with Gasteiger partial charge in [-0.25, -0.2) is 4.98 Å². The van der Waals surface area contributed by atoms with Crippen molar-refractivity contribution >= 4 is 52.2 Å². The molecule has 12 heteroatoms. The van der Waals surface area contributed by atoms with Gasteiger partial charge in [0.25, 0.3) is 5.91 Å². The van der Waals surface area contributed by atoms with E-state index in [-0.39, 0.29) is 23.5 Å². The summed E-state index contributed by atoms with van der Waals surface area (Å²) < 4.78 is 4.99. The average molecular weight is 545 g/mol. The molecule has 3 aromatic heterocycles. The lowest BCUT2D eigenvalue weighted by molar-refractivity contribution is -0.117. The number of hydrogen-bond donors (Lipinski definition) is 3. The Bertz CT molecular complexity index is 1530. The van der Waals surface area contributed by atoms with Crippen molar-refractivity contribution in [3.63, 3.8) is 0 Å². The van der Waals surface area contributed by atoms with Gasteiger partial charge in [0.15, 0.2) is 5.82 Å². The second-order valence-corrected chi connectivity index (χ2v) is 10.0. The molecule has 11 nitrogen and oxygen atoms in total. The number of anilines is 5. The Morgan fingerprint density at radius 1 is 1.10 bits per heavy atom. The third-order valence-electron chi connectivity index (χ3n) is 6.82. The van der Waals surface area contributed by atoms with Gasteiger partial charge in [-0.3, -0.25) is 14.6 Å². The van der Waals surface area contributed by atoms with E-state index in [4.69, 9.17) is 16.1 Å². The van der Waals surface area contributed by atoms with Crippen LogP contribution in [0.25, 0.3) is 0 Å². The van der Waals surface area contributed by atoms with Crippen molar-refractivity contribution in [1.29, 1.82) is 0 Å². The van der Waals surface area contributed by atoms with E-state index in [1.807, 2.05) is 30.5 Å². The Morgan fingerprint density at radius 3 is 2.90 bits per heavy atom. The van der Waals surface area contributed by atoms with E-state index in [0.29, 0.717) is 42.7 Å². The first-order valence-electron chi connectivity index (χ1n) is 12.6. The monoisotopic (exact) mass is 544 g/mol. The van der Waals surface area contributed by atoms with Crippen molar-refractivity contribution in [1.82, 2.24) is 25.0 Å². The number of nitrogens with one attached hydrogen (secondary N) is 3. The number of carbonyl (C=O) groups is 2. The summed E-state index contributed by atoms with van der Waals surface area (Å²) in [6.07, 6.45) is 8.98. The van der Waals surface area contributed by atoms with E-state index >= 15 is 0 Å². The third kappa shape index (κ3) is 5.68. The maximum Gasteiger partial charge on any atom is 0.292 e. The summed E-state index contributed by atoms with van der Waals surface area (Å²) in [6, 6.07) is 9.30. The van der Waals surface area contributed by atoms with Crippen LogP contribution in [-0.2, 0) is 17.6 Å². The number of likely N-dealkylation sites (tertiary alicyclic amines) is 1. The summed E-state index contributed by atoms with van der Waals surface area (Å²) in [5.41, 5.74) is 4.30. The van der Waals surface area contributed by atoms with Gasteiger partial charge in [0.2, 0.25) is 17.6 Å². The SMILES string of the molecule is O=C(C[C@@H]1CCN(C(=O)c2ccno2)C1)Nc1ccc2cc1CCc1cncc(c1)Nc1ncc(Cl)c(n1)N2. The predicted molar refractivity (Wildman–Crippen MR) is 145 cm³/mol. The molecule has 0 aliphatic carbocycles. The summed E-state index contributed by atoms with van der Waals surface area (Å²) in [5, 5.41) is 13.5. The number of hydrogen-bond acceptors (Lipinski definition) is 9. The minimum Gasteiger partial charge on any atom is -0.351 e. The van der Waals surface area contributed by atoms with Crippen LogP contribution in [0.15, 0.2) is 59.6 Å². The van der Waals surface area contributed by atoms with Crippen LogP contribution in [0.5, 0.6) is 0 Å². The van der Waals surface area contributed by atoms with Crippen LogP contribution in [0.4, 0.5) is 28.8 Å². The molecule has 0 unspecified atom stereocenters. The third-order valence-corrected chi connectivity index (χ3v) is 7.09. The normalized spacial score (nSPS) is 16.2. The zero-order valence-electron chi connectivity index (χ0n) is 20.9. The number of carbonyl (C=O) groups excluding carboxylic acids is 2. The molecule has 0 radical (unpaired) electrons. The molecule has 2 amide bonds. The lowest BCUT2D eigenvalue weighted by Crippen LogP contribution is -2.29. The molecule has 3 N–H and O–H groups in total. The van der Waals surface area contributed by atoms with E-state index in [1.165, 1.54) is 12.4 Å². The van der Waals surface area contributed by atoms with Crippen molar-refractivity contribution in [2.45, 2.75) is 25.7 Å². The maximum atomic E-state index is 13.1. The molecule has 1 atom stereocenters. The van der Waals surface area contributed by atoms with E-state index in [1.54, 1.807) is 17.2 Å². The van der Waals surface area contributed by atoms with E-state index in [2.05, 4.69) is 36.1 Å². The van der Waals surface area contributed by atoms with Gasteiger partial charge in [-0.2, -0.15) is 4.98 Å². The fourth-order valence-electron chi connectivity index (χ4n) is 4.88. The summed E-state index contributed by atoms with van der Waals surface area (Å²) in [6.45, 7) is 1.08. The van der Waals surface area contributed by atoms with Gasteiger partial charge in [-0.1, -0.05) is 16.8 Å². The molecule has 6 rings (SSSR count). The number of amides is 2. The second kappa shape index (κ2) is 10.7. The molecule has 1 aromatic carbocycles. The quantitative estimate of drug-likeness (QED) is 0.336. The number of aromatic nitrogens is 4. The van der Waals surface area contributed by atoms with E-state index < -0.39 is 0 Å². The summed E-state index contributed by atoms with van der Waals surface area (Å²) in [7, 11) is 0. The average Bonchev–Trinajstić information content (AvgIpc) is 3.63. The van der Waals surface area contributed by atoms with Crippen LogP contribution in [-0.4, -0.2) is 49.9 Å². The molecule has 0 spiro atoms. The highest BCUT2D eigenvalue weighted by Crippen LogP contribution is 2.30. The molecule has 2 aliphatic rings. The fraction of sp³-hybridized carbons (Fsp3) is 0.259. The highest BCUT2D eigenvalue weighted by Gasteiger charge is 2.30. The first kappa shape index (κ1) is 24.8. The van der Waals surface area contributed by atoms with Crippen LogP contribution in [0.2, 0.25) is 5.02 Å². The number of aryl methyl sites for hydroxylation is 2. The van der Waals surface area contributed by atoms with Gasteiger partial charge in [-0.05, 0) is 60.6 Å². The van der Waals surface area contributed by atoms with Crippen LogP contribution in [0.3, 0.4) is 0 Å². The minimum absolute atomic E-state index is 0.0679. The van der Waals surface area contributed by atoms with Crippen LogP contribution < -0.4 is 16.0 Å².